The minimum atomic E-state index is -0.984. The number of hydrogen-bond donors (Lipinski definition) is 1. The smallest absolute Gasteiger partial charge is 0.162 e. The largest absolute Gasteiger partial charge is 0.486 e. The minimum absolute atomic E-state index is 0.298. The molecule has 0 aromatic heterocycles. The summed E-state index contributed by atoms with van der Waals surface area (Å²) in [5, 5.41) is 0. The topological polar surface area (TPSA) is 61.6 Å². The zero-order valence-electron chi connectivity index (χ0n) is 11.5. The van der Waals surface area contributed by atoms with Gasteiger partial charge in [-0.1, -0.05) is 6.42 Å². The van der Waals surface area contributed by atoms with Gasteiger partial charge in [-0.25, -0.2) is 0 Å². The molecule has 3 unspecified atom stereocenters. The Balaban J connectivity index is 1.62. The van der Waals surface area contributed by atoms with Crippen LogP contribution in [-0.4, -0.2) is 29.2 Å². The van der Waals surface area contributed by atoms with Gasteiger partial charge in [-0.3, -0.25) is 4.21 Å². The molecule has 2 aliphatic rings. The summed E-state index contributed by atoms with van der Waals surface area (Å²) in [5.41, 5.74) is 6.06. The summed E-state index contributed by atoms with van der Waals surface area (Å²) < 4.78 is 23.4. The Morgan fingerprint density at radius 2 is 2.00 bits per heavy atom. The quantitative estimate of drug-likeness (QED) is 0.924. The molecule has 20 heavy (non-hydrogen) atoms. The van der Waals surface area contributed by atoms with Crippen LogP contribution in [0.5, 0.6) is 11.5 Å². The highest BCUT2D eigenvalue weighted by atomic mass is 32.2. The van der Waals surface area contributed by atoms with E-state index in [0.29, 0.717) is 36.7 Å². The second-order valence-corrected chi connectivity index (χ2v) is 7.07. The Bertz CT molecular complexity index is 506. The van der Waals surface area contributed by atoms with E-state index in [1.165, 1.54) is 12.8 Å². The van der Waals surface area contributed by atoms with E-state index in [1.54, 1.807) is 0 Å². The molecule has 1 saturated carbocycles. The van der Waals surface area contributed by atoms with Crippen LogP contribution in [0.15, 0.2) is 23.1 Å². The Labute approximate surface area is 122 Å². The van der Waals surface area contributed by atoms with Crippen molar-refractivity contribution in [2.45, 2.75) is 36.6 Å². The molecule has 2 N–H and O–H groups in total. The van der Waals surface area contributed by atoms with E-state index in [1.807, 2.05) is 18.2 Å². The molecule has 5 heteroatoms. The highest BCUT2D eigenvalue weighted by Gasteiger charge is 2.24. The fourth-order valence-corrected chi connectivity index (χ4v) is 4.18. The number of benzene rings is 1. The van der Waals surface area contributed by atoms with Gasteiger partial charge in [0, 0.05) is 22.8 Å². The number of hydrogen-bond acceptors (Lipinski definition) is 4. The van der Waals surface area contributed by atoms with Crippen molar-refractivity contribution in [2.24, 2.45) is 11.7 Å². The maximum atomic E-state index is 12.4. The molecule has 0 radical (unpaired) electrons. The predicted molar refractivity (Wildman–Crippen MR) is 78.6 cm³/mol. The molecule has 3 rings (SSSR count). The summed E-state index contributed by atoms with van der Waals surface area (Å²) in [7, 11) is -0.984. The second kappa shape index (κ2) is 6.14. The van der Waals surface area contributed by atoms with Gasteiger partial charge in [-0.15, -0.1) is 0 Å². The highest BCUT2D eigenvalue weighted by Crippen LogP contribution is 2.32. The fourth-order valence-electron chi connectivity index (χ4n) is 2.97. The second-order valence-electron chi connectivity index (χ2n) is 5.50. The lowest BCUT2D eigenvalue weighted by Crippen LogP contribution is -2.25. The average molecular weight is 295 g/mol. The van der Waals surface area contributed by atoms with Gasteiger partial charge < -0.3 is 15.2 Å². The molecular weight excluding hydrogens is 274 g/mol. The summed E-state index contributed by atoms with van der Waals surface area (Å²) >= 11 is 0. The Hall–Kier alpha value is -1.07. The van der Waals surface area contributed by atoms with Gasteiger partial charge in [0.05, 0.1) is 10.8 Å². The van der Waals surface area contributed by atoms with Gasteiger partial charge in [-0.2, -0.15) is 0 Å². The van der Waals surface area contributed by atoms with Gasteiger partial charge in [0.1, 0.15) is 13.2 Å². The highest BCUT2D eigenvalue weighted by molar-refractivity contribution is 7.85. The lowest BCUT2D eigenvalue weighted by Gasteiger charge is -2.19. The van der Waals surface area contributed by atoms with Crippen LogP contribution in [0.1, 0.15) is 25.7 Å². The predicted octanol–water partition coefficient (Wildman–Crippen LogP) is 2.08. The third kappa shape index (κ3) is 2.99. The van der Waals surface area contributed by atoms with Crippen LogP contribution in [0.25, 0.3) is 0 Å². The Morgan fingerprint density at radius 1 is 1.20 bits per heavy atom. The van der Waals surface area contributed by atoms with Crippen molar-refractivity contribution in [2.75, 3.05) is 19.0 Å². The van der Waals surface area contributed by atoms with Crippen LogP contribution in [-0.2, 0) is 10.8 Å². The maximum Gasteiger partial charge on any atom is 0.162 e. The van der Waals surface area contributed by atoms with E-state index in [9.17, 15) is 4.21 Å². The van der Waals surface area contributed by atoms with Crippen LogP contribution < -0.4 is 15.2 Å². The van der Waals surface area contributed by atoms with Crippen LogP contribution in [0.3, 0.4) is 0 Å². The SMILES string of the molecule is NC1CCCC1CCS(=O)c1ccc2c(c1)OCCO2. The zero-order chi connectivity index (χ0) is 13.9. The Kier molecular flexibility index (Phi) is 4.27. The molecule has 0 bridgehead atoms. The zero-order valence-corrected chi connectivity index (χ0v) is 12.4. The standard InChI is InChI=1S/C15H21NO3S/c16-13-3-1-2-11(13)6-9-20(17)12-4-5-14-15(10-12)19-8-7-18-14/h4-5,10-11,13H,1-3,6-9,16H2. The molecule has 0 amide bonds. The first-order valence-electron chi connectivity index (χ1n) is 7.27. The molecular formula is C15H21NO3S. The van der Waals surface area contributed by atoms with Crippen LogP contribution in [0.2, 0.25) is 0 Å². The molecule has 110 valence electrons. The van der Waals surface area contributed by atoms with Crippen LogP contribution in [0, 0.1) is 5.92 Å². The van der Waals surface area contributed by atoms with Crippen molar-refractivity contribution in [3.8, 4) is 11.5 Å². The summed E-state index contributed by atoms with van der Waals surface area (Å²) in [6, 6.07) is 5.87. The van der Waals surface area contributed by atoms with Crippen molar-refractivity contribution in [3.05, 3.63) is 18.2 Å². The van der Waals surface area contributed by atoms with Crippen molar-refractivity contribution >= 4 is 10.8 Å². The molecule has 1 aromatic carbocycles. The molecule has 0 saturated heterocycles. The lowest BCUT2D eigenvalue weighted by atomic mass is 10.0. The monoisotopic (exact) mass is 295 g/mol. The third-order valence-corrected chi connectivity index (χ3v) is 5.55. The number of fused-ring (bicyclic) bond motifs is 1. The van der Waals surface area contributed by atoms with E-state index in [4.69, 9.17) is 15.2 Å². The van der Waals surface area contributed by atoms with Crippen molar-refractivity contribution in [3.63, 3.8) is 0 Å². The van der Waals surface area contributed by atoms with Crippen LogP contribution in [0.4, 0.5) is 0 Å². The molecule has 1 heterocycles. The molecule has 1 aromatic rings. The number of nitrogens with two attached hydrogens (primary N) is 1. The molecule has 0 spiro atoms. The van der Waals surface area contributed by atoms with Gasteiger partial charge in [-0.05, 0) is 37.3 Å². The van der Waals surface area contributed by atoms with Crippen molar-refractivity contribution in [1.82, 2.24) is 0 Å². The molecule has 1 fully saturated rings. The van der Waals surface area contributed by atoms with Gasteiger partial charge in [0.15, 0.2) is 11.5 Å². The summed E-state index contributed by atoms with van der Waals surface area (Å²) in [6.45, 7) is 1.13. The minimum Gasteiger partial charge on any atom is -0.486 e. The fraction of sp³-hybridized carbons (Fsp3) is 0.600. The van der Waals surface area contributed by atoms with E-state index >= 15 is 0 Å². The maximum absolute atomic E-state index is 12.4. The molecule has 4 nitrogen and oxygen atoms in total. The summed E-state index contributed by atoms with van der Waals surface area (Å²) in [6.07, 6.45) is 4.45. The van der Waals surface area contributed by atoms with Crippen molar-refractivity contribution < 1.29 is 13.7 Å². The first-order valence-corrected chi connectivity index (χ1v) is 8.59. The Morgan fingerprint density at radius 3 is 2.75 bits per heavy atom. The van der Waals surface area contributed by atoms with Gasteiger partial charge >= 0.3 is 0 Å². The number of rotatable bonds is 4. The average Bonchev–Trinajstić information content (AvgIpc) is 2.89. The van der Waals surface area contributed by atoms with Crippen LogP contribution >= 0.6 is 0 Å². The summed E-state index contributed by atoms with van der Waals surface area (Å²) in [5.74, 6) is 2.67. The normalized spacial score (nSPS) is 26.4. The van der Waals surface area contributed by atoms with E-state index in [2.05, 4.69) is 0 Å². The molecule has 1 aliphatic carbocycles. The lowest BCUT2D eigenvalue weighted by molar-refractivity contribution is 0.171. The van der Waals surface area contributed by atoms with Crippen molar-refractivity contribution in [1.29, 1.82) is 0 Å². The van der Waals surface area contributed by atoms with E-state index in [0.717, 1.165) is 23.5 Å². The van der Waals surface area contributed by atoms with Gasteiger partial charge in [0.25, 0.3) is 0 Å². The van der Waals surface area contributed by atoms with E-state index < -0.39 is 10.8 Å². The number of ether oxygens (including phenoxy) is 2. The molecule has 3 atom stereocenters. The van der Waals surface area contributed by atoms with Gasteiger partial charge in [0.2, 0.25) is 0 Å². The molecule has 1 aliphatic heterocycles. The van der Waals surface area contributed by atoms with E-state index in [-0.39, 0.29) is 0 Å². The first kappa shape index (κ1) is 13.9. The first-order chi connectivity index (χ1) is 9.74. The third-order valence-electron chi connectivity index (χ3n) is 4.17. The summed E-state index contributed by atoms with van der Waals surface area (Å²) in [4.78, 5) is 0.820.